The number of carbonyl (C=O) groups is 2. The van der Waals surface area contributed by atoms with Gasteiger partial charge in [0, 0.05) is 6.04 Å². The van der Waals surface area contributed by atoms with Crippen LogP contribution in [0.4, 0.5) is 0 Å². The Bertz CT molecular complexity index is 335. The normalized spacial score (nSPS) is 27.8. The molecule has 2 fully saturated rings. The van der Waals surface area contributed by atoms with E-state index in [1.807, 2.05) is 18.7 Å². The molecular weight excluding hydrogens is 230 g/mol. The number of amides is 2. The fourth-order valence-corrected chi connectivity index (χ4v) is 2.97. The summed E-state index contributed by atoms with van der Waals surface area (Å²) in [6.07, 6.45) is 1.94. The van der Waals surface area contributed by atoms with E-state index in [4.69, 9.17) is 0 Å². The molecule has 0 bridgehead atoms. The number of hydrogen-bond donors (Lipinski definition) is 1. The molecule has 102 valence electrons. The van der Waals surface area contributed by atoms with Gasteiger partial charge in [0.25, 0.3) is 0 Å². The first-order valence-corrected chi connectivity index (χ1v) is 6.78. The fraction of sp³-hybridized carbons (Fsp3) is 0.846. The standard InChI is InChI=1S/C13H23N3O2/c1-9(2)12-13(18)14-8-11(17)16(12)10-4-6-15(3)7-5-10/h9-10,12H,4-8H2,1-3H3,(H,14,18). The summed E-state index contributed by atoms with van der Waals surface area (Å²) in [5.41, 5.74) is 0. The second kappa shape index (κ2) is 5.26. The van der Waals surface area contributed by atoms with Gasteiger partial charge in [-0.05, 0) is 38.9 Å². The van der Waals surface area contributed by atoms with Crippen LogP contribution in [-0.4, -0.2) is 60.4 Å². The van der Waals surface area contributed by atoms with Gasteiger partial charge >= 0.3 is 0 Å². The molecule has 2 heterocycles. The van der Waals surface area contributed by atoms with Gasteiger partial charge in [-0.2, -0.15) is 0 Å². The Hall–Kier alpha value is -1.10. The number of likely N-dealkylation sites (tertiary alicyclic amines) is 1. The molecule has 2 saturated heterocycles. The van der Waals surface area contributed by atoms with Crippen molar-refractivity contribution in [1.82, 2.24) is 15.1 Å². The van der Waals surface area contributed by atoms with Crippen molar-refractivity contribution in [3.63, 3.8) is 0 Å². The van der Waals surface area contributed by atoms with Crippen molar-refractivity contribution in [1.29, 1.82) is 0 Å². The Labute approximate surface area is 108 Å². The van der Waals surface area contributed by atoms with Gasteiger partial charge in [-0.1, -0.05) is 13.8 Å². The molecular formula is C13H23N3O2. The molecule has 5 nitrogen and oxygen atoms in total. The first-order valence-electron chi connectivity index (χ1n) is 6.78. The monoisotopic (exact) mass is 253 g/mol. The second-order valence-electron chi connectivity index (χ2n) is 5.74. The summed E-state index contributed by atoms with van der Waals surface area (Å²) in [6.45, 7) is 6.17. The highest BCUT2D eigenvalue weighted by Gasteiger charge is 2.40. The summed E-state index contributed by atoms with van der Waals surface area (Å²) in [5, 5.41) is 2.70. The van der Waals surface area contributed by atoms with Crippen LogP contribution in [0.1, 0.15) is 26.7 Å². The number of nitrogens with one attached hydrogen (secondary N) is 1. The van der Waals surface area contributed by atoms with Gasteiger partial charge in [0.15, 0.2) is 0 Å². The van der Waals surface area contributed by atoms with E-state index in [0.717, 1.165) is 25.9 Å². The van der Waals surface area contributed by atoms with E-state index in [9.17, 15) is 9.59 Å². The van der Waals surface area contributed by atoms with Crippen LogP contribution >= 0.6 is 0 Å². The first kappa shape index (κ1) is 13.3. The van der Waals surface area contributed by atoms with Crippen LogP contribution in [0.25, 0.3) is 0 Å². The Morgan fingerprint density at radius 3 is 2.39 bits per heavy atom. The molecule has 2 rings (SSSR count). The third-order valence-corrected chi connectivity index (χ3v) is 3.98. The van der Waals surface area contributed by atoms with Crippen LogP contribution in [0.5, 0.6) is 0 Å². The average Bonchev–Trinajstić information content (AvgIpc) is 2.32. The quantitative estimate of drug-likeness (QED) is 0.757. The van der Waals surface area contributed by atoms with E-state index >= 15 is 0 Å². The van der Waals surface area contributed by atoms with Crippen LogP contribution in [0.3, 0.4) is 0 Å². The lowest BCUT2D eigenvalue weighted by Gasteiger charge is -2.44. The first-order chi connectivity index (χ1) is 8.50. The summed E-state index contributed by atoms with van der Waals surface area (Å²) < 4.78 is 0. The third kappa shape index (κ3) is 2.51. The Kier molecular flexibility index (Phi) is 3.90. The third-order valence-electron chi connectivity index (χ3n) is 3.98. The molecule has 0 radical (unpaired) electrons. The van der Waals surface area contributed by atoms with Gasteiger partial charge in [-0.25, -0.2) is 0 Å². The Balaban J connectivity index is 2.15. The highest BCUT2D eigenvalue weighted by molar-refractivity contribution is 5.95. The van der Waals surface area contributed by atoms with E-state index in [0.29, 0.717) is 0 Å². The molecule has 0 aliphatic carbocycles. The number of rotatable bonds is 2. The molecule has 0 aromatic carbocycles. The molecule has 2 aliphatic rings. The molecule has 5 heteroatoms. The van der Waals surface area contributed by atoms with E-state index in [2.05, 4.69) is 17.3 Å². The average molecular weight is 253 g/mol. The maximum Gasteiger partial charge on any atom is 0.243 e. The van der Waals surface area contributed by atoms with Crippen molar-refractivity contribution in [2.24, 2.45) is 5.92 Å². The number of piperazine rings is 1. The molecule has 0 spiro atoms. The van der Waals surface area contributed by atoms with Crippen LogP contribution in [-0.2, 0) is 9.59 Å². The zero-order valence-corrected chi connectivity index (χ0v) is 11.5. The van der Waals surface area contributed by atoms with Crippen molar-refractivity contribution in [3.05, 3.63) is 0 Å². The van der Waals surface area contributed by atoms with Crippen molar-refractivity contribution in [2.45, 2.75) is 38.8 Å². The highest BCUT2D eigenvalue weighted by atomic mass is 16.2. The van der Waals surface area contributed by atoms with Crippen molar-refractivity contribution >= 4 is 11.8 Å². The van der Waals surface area contributed by atoms with Crippen LogP contribution in [0.15, 0.2) is 0 Å². The molecule has 1 unspecified atom stereocenters. The SMILES string of the molecule is CC(C)C1C(=O)NCC(=O)N1C1CCN(C)CC1. The number of piperidine rings is 1. The van der Waals surface area contributed by atoms with Crippen molar-refractivity contribution < 1.29 is 9.59 Å². The Morgan fingerprint density at radius 1 is 1.22 bits per heavy atom. The second-order valence-corrected chi connectivity index (χ2v) is 5.74. The molecule has 0 aromatic heterocycles. The zero-order valence-electron chi connectivity index (χ0n) is 11.5. The predicted octanol–water partition coefficient (Wildman–Crippen LogP) is 0.0636. The minimum Gasteiger partial charge on any atom is -0.345 e. The lowest BCUT2D eigenvalue weighted by molar-refractivity contribution is -0.151. The van der Waals surface area contributed by atoms with Gasteiger partial charge in [0.2, 0.25) is 11.8 Å². The van der Waals surface area contributed by atoms with E-state index in [1.54, 1.807) is 0 Å². The van der Waals surface area contributed by atoms with Crippen molar-refractivity contribution in [2.75, 3.05) is 26.7 Å². The molecule has 18 heavy (non-hydrogen) atoms. The molecule has 0 aromatic rings. The molecule has 2 amide bonds. The molecule has 2 aliphatic heterocycles. The number of nitrogens with zero attached hydrogens (tertiary/aromatic N) is 2. The smallest absolute Gasteiger partial charge is 0.243 e. The maximum atomic E-state index is 12.1. The molecule has 0 saturated carbocycles. The summed E-state index contributed by atoms with van der Waals surface area (Å²) in [7, 11) is 2.10. The predicted molar refractivity (Wildman–Crippen MR) is 69.0 cm³/mol. The van der Waals surface area contributed by atoms with Gasteiger partial charge in [0.1, 0.15) is 6.04 Å². The van der Waals surface area contributed by atoms with E-state index in [1.165, 1.54) is 0 Å². The lowest BCUT2D eigenvalue weighted by Crippen LogP contribution is -2.64. The summed E-state index contributed by atoms with van der Waals surface area (Å²) in [6, 6.07) is -0.0631. The summed E-state index contributed by atoms with van der Waals surface area (Å²) in [5.74, 6) is 0.236. The number of hydrogen-bond acceptors (Lipinski definition) is 3. The highest BCUT2D eigenvalue weighted by Crippen LogP contribution is 2.23. The van der Waals surface area contributed by atoms with Gasteiger partial charge in [-0.3, -0.25) is 9.59 Å². The molecule has 1 N–H and O–H groups in total. The van der Waals surface area contributed by atoms with E-state index in [-0.39, 0.29) is 36.4 Å². The zero-order chi connectivity index (χ0) is 13.3. The minimum atomic E-state index is -0.292. The molecule has 1 atom stereocenters. The minimum absolute atomic E-state index is 0.00327. The number of carbonyl (C=O) groups excluding carboxylic acids is 2. The maximum absolute atomic E-state index is 12.1. The van der Waals surface area contributed by atoms with Crippen LogP contribution < -0.4 is 5.32 Å². The van der Waals surface area contributed by atoms with Crippen LogP contribution in [0.2, 0.25) is 0 Å². The largest absolute Gasteiger partial charge is 0.345 e. The van der Waals surface area contributed by atoms with Crippen molar-refractivity contribution in [3.8, 4) is 0 Å². The fourth-order valence-electron chi connectivity index (χ4n) is 2.97. The summed E-state index contributed by atoms with van der Waals surface area (Å²) >= 11 is 0. The topological polar surface area (TPSA) is 52.7 Å². The lowest BCUT2D eigenvalue weighted by atomic mass is 9.94. The van der Waals surface area contributed by atoms with Gasteiger partial charge in [-0.15, -0.1) is 0 Å². The van der Waals surface area contributed by atoms with Gasteiger partial charge in [0.05, 0.1) is 6.54 Å². The van der Waals surface area contributed by atoms with E-state index < -0.39 is 0 Å². The van der Waals surface area contributed by atoms with Gasteiger partial charge < -0.3 is 15.1 Å². The summed E-state index contributed by atoms with van der Waals surface area (Å²) in [4.78, 5) is 28.2. The van der Waals surface area contributed by atoms with Crippen LogP contribution in [0, 0.1) is 5.92 Å². The Morgan fingerprint density at radius 2 is 1.83 bits per heavy atom.